The first-order valence-electron chi connectivity index (χ1n) is 9.16. The molecule has 0 aromatic heterocycles. The van der Waals surface area contributed by atoms with E-state index >= 15 is 0 Å². The van der Waals surface area contributed by atoms with Crippen LogP contribution >= 0.6 is 0 Å². The fraction of sp³-hybridized carbons (Fsp3) is 0.579. The summed E-state index contributed by atoms with van der Waals surface area (Å²) in [4.78, 5) is 16.1. The first-order chi connectivity index (χ1) is 12.0. The summed E-state index contributed by atoms with van der Waals surface area (Å²) in [6.45, 7) is 4.36. The monoisotopic (exact) mass is 346 g/mol. The zero-order valence-electron chi connectivity index (χ0n) is 15.3. The Labute approximate surface area is 150 Å². The number of aliphatic imine (C=N–C) groups is 1. The lowest BCUT2D eigenvalue weighted by atomic mass is 9.95. The highest BCUT2D eigenvalue weighted by atomic mass is 16.5. The van der Waals surface area contributed by atoms with Gasteiger partial charge in [0, 0.05) is 18.2 Å². The van der Waals surface area contributed by atoms with Crippen LogP contribution in [0.5, 0.6) is 5.75 Å². The van der Waals surface area contributed by atoms with Crippen LogP contribution in [0.4, 0.5) is 5.69 Å². The molecule has 0 heterocycles. The molecule has 138 valence electrons. The van der Waals surface area contributed by atoms with Crippen LogP contribution in [-0.4, -0.2) is 30.6 Å². The number of anilines is 1. The number of hydrogen-bond donors (Lipinski definition) is 3. The Morgan fingerprint density at radius 3 is 2.56 bits per heavy atom. The standard InChI is InChI=1S/C19H30N4O2/c1-14(2)25-17-10-8-16(9-11-17)23-19(20)21-13-12-18(24)22-15-6-4-3-5-7-15/h8-11,14-15H,3-7,12-13H2,1-2H3,(H,22,24)(H3,20,21,23). The number of benzene rings is 1. The lowest BCUT2D eigenvalue weighted by molar-refractivity contribution is -0.121. The smallest absolute Gasteiger partial charge is 0.222 e. The van der Waals surface area contributed by atoms with Gasteiger partial charge in [0.2, 0.25) is 5.91 Å². The maximum Gasteiger partial charge on any atom is 0.222 e. The average Bonchev–Trinajstić information content (AvgIpc) is 2.57. The summed E-state index contributed by atoms with van der Waals surface area (Å²) in [5.74, 6) is 1.18. The van der Waals surface area contributed by atoms with Crippen molar-refractivity contribution in [3.8, 4) is 5.75 Å². The number of ether oxygens (including phenoxy) is 1. The number of rotatable bonds is 7. The molecule has 0 unspecified atom stereocenters. The van der Waals surface area contributed by atoms with Crippen molar-refractivity contribution < 1.29 is 9.53 Å². The molecule has 0 saturated heterocycles. The van der Waals surface area contributed by atoms with Crippen molar-refractivity contribution in [2.75, 3.05) is 11.9 Å². The Hall–Kier alpha value is -2.24. The molecule has 1 aliphatic rings. The normalized spacial score (nSPS) is 15.9. The van der Waals surface area contributed by atoms with E-state index in [2.05, 4.69) is 15.6 Å². The molecule has 25 heavy (non-hydrogen) atoms. The molecule has 1 aromatic rings. The topological polar surface area (TPSA) is 88.7 Å². The molecule has 2 rings (SSSR count). The highest BCUT2D eigenvalue weighted by molar-refractivity contribution is 5.92. The number of guanidine groups is 1. The summed E-state index contributed by atoms with van der Waals surface area (Å²) in [7, 11) is 0. The third kappa shape index (κ3) is 7.45. The van der Waals surface area contributed by atoms with Gasteiger partial charge in [0.05, 0.1) is 12.6 Å². The lowest BCUT2D eigenvalue weighted by Gasteiger charge is -2.22. The maximum absolute atomic E-state index is 11.9. The van der Waals surface area contributed by atoms with Crippen LogP contribution in [0.25, 0.3) is 0 Å². The molecule has 1 fully saturated rings. The van der Waals surface area contributed by atoms with E-state index in [0.717, 1.165) is 24.3 Å². The summed E-state index contributed by atoms with van der Waals surface area (Å²) in [5, 5.41) is 6.10. The maximum atomic E-state index is 11.9. The summed E-state index contributed by atoms with van der Waals surface area (Å²) < 4.78 is 5.59. The molecule has 0 atom stereocenters. The van der Waals surface area contributed by atoms with Crippen LogP contribution < -0.4 is 21.1 Å². The van der Waals surface area contributed by atoms with Gasteiger partial charge in [0.1, 0.15) is 5.75 Å². The molecule has 0 spiro atoms. The van der Waals surface area contributed by atoms with E-state index in [1.165, 1.54) is 19.3 Å². The van der Waals surface area contributed by atoms with Gasteiger partial charge < -0.3 is 21.1 Å². The molecule has 6 heteroatoms. The highest BCUT2D eigenvalue weighted by Gasteiger charge is 2.15. The quantitative estimate of drug-likeness (QED) is 0.523. The SMILES string of the molecule is CC(C)Oc1ccc(NC(N)=NCCC(=O)NC2CCCCC2)cc1. The van der Waals surface area contributed by atoms with Crippen molar-refractivity contribution in [1.29, 1.82) is 0 Å². The van der Waals surface area contributed by atoms with Gasteiger partial charge in [-0.3, -0.25) is 9.79 Å². The number of nitrogens with one attached hydrogen (secondary N) is 2. The van der Waals surface area contributed by atoms with Gasteiger partial charge in [0.15, 0.2) is 5.96 Å². The first kappa shape index (κ1) is 19.1. The van der Waals surface area contributed by atoms with Gasteiger partial charge in [0.25, 0.3) is 0 Å². The number of carbonyl (C=O) groups is 1. The molecule has 1 aliphatic carbocycles. The van der Waals surface area contributed by atoms with Crippen LogP contribution in [0, 0.1) is 0 Å². The number of carbonyl (C=O) groups excluding carboxylic acids is 1. The van der Waals surface area contributed by atoms with Crippen LogP contribution in [-0.2, 0) is 4.79 Å². The summed E-state index contributed by atoms with van der Waals surface area (Å²) >= 11 is 0. The predicted molar refractivity (Wildman–Crippen MR) is 102 cm³/mol. The Kier molecular flexibility index (Phi) is 7.57. The Morgan fingerprint density at radius 1 is 1.24 bits per heavy atom. The number of hydrogen-bond acceptors (Lipinski definition) is 3. The van der Waals surface area contributed by atoms with Crippen LogP contribution in [0.15, 0.2) is 29.3 Å². The van der Waals surface area contributed by atoms with E-state index in [1.54, 1.807) is 0 Å². The van der Waals surface area contributed by atoms with Gasteiger partial charge >= 0.3 is 0 Å². The molecular weight excluding hydrogens is 316 g/mol. The van der Waals surface area contributed by atoms with Crippen LogP contribution in [0.2, 0.25) is 0 Å². The third-order valence-electron chi connectivity index (χ3n) is 4.09. The largest absolute Gasteiger partial charge is 0.491 e. The molecule has 1 amide bonds. The Morgan fingerprint density at radius 2 is 1.92 bits per heavy atom. The minimum absolute atomic E-state index is 0.0543. The molecule has 4 N–H and O–H groups in total. The summed E-state index contributed by atoms with van der Waals surface area (Å²) in [6.07, 6.45) is 6.39. The van der Waals surface area contributed by atoms with Gasteiger partial charge in [-0.25, -0.2) is 0 Å². The summed E-state index contributed by atoms with van der Waals surface area (Å²) in [5.41, 5.74) is 6.71. The zero-order valence-corrected chi connectivity index (χ0v) is 15.3. The fourth-order valence-corrected chi connectivity index (χ4v) is 2.90. The highest BCUT2D eigenvalue weighted by Crippen LogP contribution is 2.18. The van der Waals surface area contributed by atoms with E-state index in [1.807, 2.05) is 38.1 Å². The molecule has 0 aliphatic heterocycles. The molecule has 0 radical (unpaired) electrons. The second kappa shape index (κ2) is 9.91. The number of nitrogens with two attached hydrogens (primary N) is 1. The number of nitrogens with zero attached hydrogens (tertiary/aromatic N) is 1. The minimum Gasteiger partial charge on any atom is -0.491 e. The van der Waals surface area contributed by atoms with E-state index in [0.29, 0.717) is 25.0 Å². The fourth-order valence-electron chi connectivity index (χ4n) is 2.90. The molecular formula is C19H30N4O2. The summed E-state index contributed by atoms with van der Waals surface area (Å²) in [6, 6.07) is 7.87. The van der Waals surface area contributed by atoms with E-state index in [4.69, 9.17) is 10.5 Å². The van der Waals surface area contributed by atoms with E-state index < -0.39 is 0 Å². The van der Waals surface area contributed by atoms with Gasteiger partial charge in [-0.1, -0.05) is 19.3 Å². The van der Waals surface area contributed by atoms with E-state index in [-0.39, 0.29) is 12.0 Å². The lowest BCUT2D eigenvalue weighted by Crippen LogP contribution is -2.36. The molecule has 0 bridgehead atoms. The van der Waals surface area contributed by atoms with Gasteiger partial charge in [-0.15, -0.1) is 0 Å². The second-order valence-electron chi connectivity index (χ2n) is 6.74. The van der Waals surface area contributed by atoms with Crippen molar-refractivity contribution in [1.82, 2.24) is 5.32 Å². The minimum atomic E-state index is 0.0543. The molecule has 1 aromatic carbocycles. The van der Waals surface area contributed by atoms with Crippen molar-refractivity contribution in [2.45, 2.75) is 64.5 Å². The van der Waals surface area contributed by atoms with Crippen molar-refractivity contribution in [3.05, 3.63) is 24.3 Å². The van der Waals surface area contributed by atoms with Gasteiger partial charge in [-0.05, 0) is 51.0 Å². The van der Waals surface area contributed by atoms with E-state index in [9.17, 15) is 4.79 Å². The predicted octanol–water partition coefficient (Wildman–Crippen LogP) is 3.04. The zero-order chi connectivity index (χ0) is 18.1. The van der Waals surface area contributed by atoms with Crippen molar-refractivity contribution >= 4 is 17.6 Å². The average molecular weight is 346 g/mol. The Balaban J connectivity index is 1.70. The second-order valence-corrected chi connectivity index (χ2v) is 6.74. The Bertz CT molecular complexity index is 563. The first-order valence-corrected chi connectivity index (χ1v) is 9.16. The van der Waals surface area contributed by atoms with Crippen molar-refractivity contribution in [2.24, 2.45) is 10.7 Å². The van der Waals surface area contributed by atoms with Crippen LogP contribution in [0.3, 0.4) is 0 Å². The number of amides is 1. The van der Waals surface area contributed by atoms with Crippen LogP contribution in [0.1, 0.15) is 52.4 Å². The third-order valence-corrected chi connectivity index (χ3v) is 4.09. The molecule has 1 saturated carbocycles. The molecule has 6 nitrogen and oxygen atoms in total. The van der Waals surface area contributed by atoms with Crippen molar-refractivity contribution in [3.63, 3.8) is 0 Å². The van der Waals surface area contributed by atoms with Gasteiger partial charge in [-0.2, -0.15) is 0 Å².